The number of aromatic nitrogens is 2. The van der Waals surface area contributed by atoms with Gasteiger partial charge in [0, 0.05) is 30.4 Å². The predicted molar refractivity (Wildman–Crippen MR) is 81.1 cm³/mol. The van der Waals surface area contributed by atoms with Crippen LogP contribution in [0.25, 0.3) is 0 Å². The first kappa shape index (κ1) is 13.2. The van der Waals surface area contributed by atoms with Crippen molar-refractivity contribution in [1.82, 2.24) is 9.97 Å². The van der Waals surface area contributed by atoms with Gasteiger partial charge in [-0.05, 0) is 29.3 Å². The number of hydrogen-bond acceptors (Lipinski definition) is 3. The third-order valence-electron chi connectivity index (χ3n) is 3.36. The average Bonchev–Trinajstić information content (AvgIpc) is 2.58. The van der Waals surface area contributed by atoms with E-state index in [0.717, 1.165) is 11.1 Å². The highest BCUT2D eigenvalue weighted by atomic mass is 16.1. The molecule has 3 rings (SSSR count). The number of rotatable bonds is 4. The Hall–Kier alpha value is -2.81. The van der Waals surface area contributed by atoms with E-state index in [-0.39, 0.29) is 11.7 Å². The maximum absolute atomic E-state index is 12.9. The molecule has 2 aromatic heterocycles. The van der Waals surface area contributed by atoms with Gasteiger partial charge in [0.25, 0.3) is 0 Å². The highest BCUT2D eigenvalue weighted by molar-refractivity contribution is 6.02. The predicted octanol–water partition coefficient (Wildman–Crippen LogP) is 3.49. The zero-order valence-electron chi connectivity index (χ0n) is 11.4. The summed E-state index contributed by atoms with van der Waals surface area (Å²) < 4.78 is 0. The largest absolute Gasteiger partial charge is 0.293 e. The highest BCUT2D eigenvalue weighted by Crippen LogP contribution is 2.27. The Morgan fingerprint density at radius 1 is 0.762 bits per heavy atom. The molecule has 0 amide bonds. The van der Waals surface area contributed by atoms with Crippen LogP contribution in [0.15, 0.2) is 79.4 Å². The van der Waals surface area contributed by atoms with E-state index >= 15 is 0 Å². The monoisotopic (exact) mass is 274 g/mol. The highest BCUT2D eigenvalue weighted by Gasteiger charge is 2.24. The minimum atomic E-state index is -0.357. The smallest absolute Gasteiger partial charge is 0.176 e. The number of hydrogen-bond donors (Lipinski definition) is 0. The molecule has 0 saturated carbocycles. The van der Waals surface area contributed by atoms with Gasteiger partial charge in [-0.3, -0.25) is 14.8 Å². The maximum Gasteiger partial charge on any atom is 0.176 e. The fourth-order valence-corrected chi connectivity index (χ4v) is 2.36. The lowest BCUT2D eigenvalue weighted by atomic mass is 9.86. The van der Waals surface area contributed by atoms with Gasteiger partial charge in [0.2, 0.25) is 0 Å². The summed E-state index contributed by atoms with van der Waals surface area (Å²) in [6, 6.07) is 17.1. The summed E-state index contributed by atoms with van der Waals surface area (Å²) in [4.78, 5) is 21.1. The zero-order valence-corrected chi connectivity index (χ0v) is 11.4. The topological polar surface area (TPSA) is 42.9 Å². The van der Waals surface area contributed by atoms with Crippen LogP contribution in [-0.4, -0.2) is 15.8 Å². The Bertz CT molecular complexity index is 672. The van der Waals surface area contributed by atoms with Crippen molar-refractivity contribution in [2.45, 2.75) is 5.92 Å². The minimum Gasteiger partial charge on any atom is -0.293 e. The van der Waals surface area contributed by atoms with Crippen molar-refractivity contribution in [3.63, 3.8) is 0 Å². The number of carbonyl (C=O) groups excluding carboxylic acids is 1. The summed E-state index contributed by atoms with van der Waals surface area (Å²) in [6.07, 6.45) is 6.72. The van der Waals surface area contributed by atoms with Gasteiger partial charge < -0.3 is 0 Å². The summed E-state index contributed by atoms with van der Waals surface area (Å²) >= 11 is 0. The van der Waals surface area contributed by atoms with E-state index in [0.29, 0.717) is 5.56 Å². The Kier molecular flexibility index (Phi) is 3.83. The number of benzene rings is 1. The molecule has 0 aliphatic carbocycles. The summed E-state index contributed by atoms with van der Waals surface area (Å²) in [5.41, 5.74) is 2.45. The molecular formula is C18H14N2O. The molecule has 0 N–H and O–H groups in total. The van der Waals surface area contributed by atoms with Crippen molar-refractivity contribution in [1.29, 1.82) is 0 Å². The van der Waals surface area contributed by atoms with Crippen LogP contribution >= 0.6 is 0 Å². The second-order valence-corrected chi connectivity index (χ2v) is 4.74. The van der Waals surface area contributed by atoms with E-state index in [1.807, 2.05) is 42.5 Å². The van der Waals surface area contributed by atoms with Gasteiger partial charge in [0.15, 0.2) is 5.78 Å². The second kappa shape index (κ2) is 6.09. The van der Waals surface area contributed by atoms with Gasteiger partial charge in [-0.25, -0.2) is 0 Å². The van der Waals surface area contributed by atoms with Crippen molar-refractivity contribution in [2.75, 3.05) is 0 Å². The first-order chi connectivity index (χ1) is 10.4. The molecule has 0 aliphatic rings. The van der Waals surface area contributed by atoms with E-state index in [1.165, 1.54) is 0 Å². The molecule has 3 heteroatoms. The lowest BCUT2D eigenvalue weighted by Crippen LogP contribution is -2.14. The molecule has 1 aromatic carbocycles. The van der Waals surface area contributed by atoms with Crippen LogP contribution in [0.1, 0.15) is 27.4 Å². The van der Waals surface area contributed by atoms with Crippen molar-refractivity contribution in [3.8, 4) is 0 Å². The summed E-state index contributed by atoms with van der Waals surface area (Å²) in [7, 11) is 0. The van der Waals surface area contributed by atoms with Crippen LogP contribution in [0.2, 0.25) is 0 Å². The van der Waals surface area contributed by atoms with Gasteiger partial charge in [0.05, 0.1) is 5.92 Å². The SMILES string of the molecule is O=C(c1cccnc1)[C@@H](c1ccccc1)c1cccnc1. The van der Waals surface area contributed by atoms with E-state index in [1.54, 1.807) is 36.9 Å². The molecule has 0 aliphatic heterocycles. The number of Topliss-reactive ketones (excluding diaryl/α,β-unsaturated/α-hetero) is 1. The van der Waals surface area contributed by atoms with E-state index in [9.17, 15) is 4.79 Å². The Labute approximate surface area is 123 Å². The van der Waals surface area contributed by atoms with Gasteiger partial charge in [-0.15, -0.1) is 0 Å². The molecule has 0 spiro atoms. The van der Waals surface area contributed by atoms with Crippen LogP contribution in [0, 0.1) is 0 Å². The number of nitrogens with zero attached hydrogens (tertiary/aromatic N) is 2. The van der Waals surface area contributed by atoms with E-state index in [4.69, 9.17) is 0 Å². The molecule has 0 saturated heterocycles. The van der Waals surface area contributed by atoms with Crippen LogP contribution < -0.4 is 0 Å². The van der Waals surface area contributed by atoms with Gasteiger partial charge in [0.1, 0.15) is 0 Å². The molecule has 0 bridgehead atoms. The molecule has 21 heavy (non-hydrogen) atoms. The molecule has 3 nitrogen and oxygen atoms in total. The first-order valence-corrected chi connectivity index (χ1v) is 6.75. The van der Waals surface area contributed by atoms with Crippen molar-refractivity contribution in [2.24, 2.45) is 0 Å². The van der Waals surface area contributed by atoms with Crippen LogP contribution in [0.4, 0.5) is 0 Å². The quantitative estimate of drug-likeness (QED) is 0.684. The Balaban J connectivity index is 2.07. The summed E-state index contributed by atoms with van der Waals surface area (Å²) in [5, 5.41) is 0. The number of ketones is 1. The van der Waals surface area contributed by atoms with E-state index in [2.05, 4.69) is 9.97 Å². The van der Waals surface area contributed by atoms with Crippen molar-refractivity contribution >= 4 is 5.78 Å². The third kappa shape index (κ3) is 2.87. The molecule has 102 valence electrons. The summed E-state index contributed by atoms with van der Waals surface area (Å²) in [5.74, 6) is -0.327. The maximum atomic E-state index is 12.9. The van der Waals surface area contributed by atoms with Crippen molar-refractivity contribution < 1.29 is 4.79 Å². The standard InChI is InChI=1S/C18H14N2O/c21-18(16-9-5-11-20-13-16)17(14-6-2-1-3-7-14)15-8-4-10-19-12-15/h1-13,17H/t17-/m0/s1. The number of pyridine rings is 2. The average molecular weight is 274 g/mol. The van der Waals surface area contributed by atoms with Gasteiger partial charge in [-0.1, -0.05) is 36.4 Å². The Morgan fingerprint density at radius 2 is 1.43 bits per heavy atom. The Morgan fingerprint density at radius 3 is 2.05 bits per heavy atom. The molecule has 0 radical (unpaired) electrons. The molecule has 0 unspecified atom stereocenters. The molecular weight excluding hydrogens is 260 g/mol. The fourth-order valence-electron chi connectivity index (χ4n) is 2.36. The normalized spacial score (nSPS) is 11.8. The minimum absolute atomic E-state index is 0.0299. The third-order valence-corrected chi connectivity index (χ3v) is 3.36. The second-order valence-electron chi connectivity index (χ2n) is 4.74. The van der Waals surface area contributed by atoms with Gasteiger partial charge in [-0.2, -0.15) is 0 Å². The molecule has 1 atom stereocenters. The first-order valence-electron chi connectivity index (χ1n) is 6.75. The van der Waals surface area contributed by atoms with Gasteiger partial charge >= 0.3 is 0 Å². The lowest BCUT2D eigenvalue weighted by molar-refractivity contribution is 0.0973. The van der Waals surface area contributed by atoms with E-state index < -0.39 is 0 Å². The fraction of sp³-hybridized carbons (Fsp3) is 0.0556. The van der Waals surface area contributed by atoms with Crippen molar-refractivity contribution in [3.05, 3.63) is 96.1 Å². The van der Waals surface area contributed by atoms with Crippen LogP contribution in [0.5, 0.6) is 0 Å². The molecule has 2 heterocycles. The zero-order chi connectivity index (χ0) is 14.5. The van der Waals surface area contributed by atoms with Crippen LogP contribution in [-0.2, 0) is 0 Å². The molecule has 3 aromatic rings. The molecule has 0 fully saturated rings. The lowest BCUT2D eigenvalue weighted by Gasteiger charge is -2.16. The van der Waals surface area contributed by atoms with Crippen LogP contribution in [0.3, 0.4) is 0 Å². The number of carbonyl (C=O) groups is 1. The summed E-state index contributed by atoms with van der Waals surface area (Å²) in [6.45, 7) is 0.